The molecule has 0 aromatic carbocycles. The Morgan fingerprint density at radius 2 is 2.00 bits per heavy atom. The lowest BCUT2D eigenvalue weighted by atomic mass is 9.92. The Morgan fingerprint density at radius 1 is 1.38 bits per heavy atom. The Balaban J connectivity index is 0.000000671. The van der Waals surface area contributed by atoms with Crippen molar-refractivity contribution in [1.29, 1.82) is 5.26 Å². The van der Waals surface area contributed by atoms with E-state index in [9.17, 15) is 0 Å². The van der Waals surface area contributed by atoms with Crippen LogP contribution in [-0.2, 0) is 0 Å². The summed E-state index contributed by atoms with van der Waals surface area (Å²) in [5.74, 6) is 0.979. The molecule has 0 aliphatic carbocycles. The summed E-state index contributed by atoms with van der Waals surface area (Å²) >= 11 is 0. The lowest BCUT2D eigenvalue weighted by molar-refractivity contribution is 0.163. The number of likely N-dealkylation sites (tertiary alicyclic amines) is 1. The van der Waals surface area contributed by atoms with Crippen LogP contribution in [0, 0.1) is 23.2 Å². The molecule has 2 atom stereocenters. The van der Waals surface area contributed by atoms with Gasteiger partial charge in [0.1, 0.15) is 0 Å². The Hall–Kier alpha value is -0.550. The first-order valence-electron chi connectivity index (χ1n) is 5.38. The topological polar surface area (TPSA) is 27.0 Å². The molecule has 1 rings (SSSR count). The Labute approximate surface area is 82.5 Å². The Morgan fingerprint density at radius 3 is 2.46 bits per heavy atom. The van der Waals surface area contributed by atoms with Gasteiger partial charge in [0.15, 0.2) is 0 Å². The number of rotatable bonds is 1. The summed E-state index contributed by atoms with van der Waals surface area (Å²) in [6, 6.07) is 2.36. The van der Waals surface area contributed by atoms with Crippen molar-refractivity contribution in [3.63, 3.8) is 0 Å². The number of nitriles is 1. The van der Waals surface area contributed by atoms with Crippen molar-refractivity contribution in [3.05, 3.63) is 0 Å². The second kappa shape index (κ2) is 6.91. The van der Waals surface area contributed by atoms with E-state index in [1.165, 1.54) is 6.54 Å². The fraction of sp³-hybridized carbons (Fsp3) is 0.909. The van der Waals surface area contributed by atoms with Crippen LogP contribution in [0.3, 0.4) is 0 Å². The maximum Gasteiger partial charge on any atom is 0.0669 e. The first kappa shape index (κ1) is 12.4. The molecule has 0 N–H and O–H groups in total. The molecule has 0 saturated carbocycles. The minimum Gasteiger partial charge on any atom is -0.302 e. The van der Waals surface area contributed by atoms with Gasteiger partial charge >= 0.3 is 0 Å². The van der Waals surface area contributed by atoms with Crippen molar-refractivity contribution >= 4 is 0 Å². The van der Waals surface area contributed by atoms with Gasteiger partial charge in [0, 0.05) is 13.1 Å². The molecule has 0 spiro atoms. The van der Waals surface area contributed by atoms with E-state index in [2.05, 4.69) is 24.8 Å². The van der Waals surface area contributed by atoms with E-state index in [-0.39, 0.29) is 5.92 Å². The second-order valence-electron chi connectivity index (χ2n) is 3.52. The van der Waals surface area contributed by atoms with Crippen LogP contribution in [0.1, 0.15) is 34.1 Å². The number of hydrogen-bond donors (Lipinski definition) is 0. The molecule has 0 aromatic heterocycles. The van der Waals surface area contributed by atoms with E-state index < -0.39 is 0 Å². The van der Waals surface area contributed by atoms with Gasteiger partial charge in [-0.15, -0.1) is 0 Å². The van der Waals surface area contributed by atoms with E-state index in [4.69, 9.17) is 5.26 Å². The summed E-state index contributed by atoms with van der Waals surface area (Å²) in [7, 11) is 0. The van der Waals surface area contributed by atoms with Crippen LogP contribution in [0.5, 0.6) is 0 Å². The minimum atomic E-state index is 0.277. The van der Waals surface area contributed by atoms with Crippen LogP contribution in [-0.4, -0.2) is 24.5 Å². The average molecular weight is 182 g/mol. The van der Waals surface area contributed by atoms with E-state index in [0.29, 0.717) is 5.92 Å². The van der Waals surface area contributed by atoms with Crippen molar-refractivity contribution in [2.75, 3.05) is 19.6 Å². The smallest absolute Gasteiger partial charge is 0.0669 e. The Kier molecular flexibility index (Phi) is 6.62. The third-order valence-electron chi connectivity index (χ3n) is 2.37. The largest absolute Gasteiger partial charge is 0.302 e. The van der Waals surface area contributed by atoms with Gasteiger partial charge in [-0.1, -0.05) is 27.7 Å². The third-order valence-corrected chi connectivity index (χ3v) is 2.37. The highest BCUT2D eigenvalue weighted by Crippen LogP contribution is 2.20. The molecule has 2 unspecified atom stereocenters. The van der Waals surface area contributed by atoms with Crippen LogP contribution >= 0.6 is 0 Å². The third kappa shape index (κ3) is 4.28. The average Bonchev–Trinajstić information content (AvgIpc) is 2.20. The number of piperidine rings is 1. The molecule has 1 saturated heterocycles. The zero-order chi connectivity index (χ0) is 10.3. The normalized spacial score (nSPS) is 28.5. The van der Waals surface area contributed by atoms with Crippen molar-refractivity contribution < 1.29 is 0 Å². The second-order valence-corrected chi connectivity index (χ2v) is 3.52. The molecule has 2 heteroatoms. The van der Waals surface area contributed by atoms with Crippen molar-refractivity contribution in [2.24, 2.45) is 11.8 Å². The van der Waals surface area contributed by atoms with Crippen molar-refractivity contribution in [3.8, 4) is 6.07 Å². The maximum atomic E-state index is 8.75. The summed E-state index contributed by atoms with van der Waals surface area (Å²) < 4.78 is 0. The van der Waals surface area contributed by atoms with Crippen LogP contribution in [0.4, 0.5) is 0 Å². The fourth-order valence-corrected chi connectivity index (χ4v) is 1.81. The quantitative estimate of drug-likeness (QED) is 0.623. The summed E-state index contributed by atoms with van der Waals surface area (Å²) in [5, 5.41) is 8.75. The zero-order valence-electron chi connectivity index (χ0n) is 9.38. The van der Waals surface area contributed by atoms with E-state index >= 15 is 0 Å². The summed E-state index contributed by atoms with van der Waals surface area (Å²) in [6.07, 6.45) is 1.09. The number of hydrogen-bond acceptors (Lipinski definition) is 2. The Bertz CT molecular complexity index is 160. The van der Waals surface area contributed by atoms with Crippen molar-refractivity contribution in [1.82, 2.24) is 4.90 Å². The molecule has 0 amide bonds. The van der Waals surface area contributed by atoms with Gasteiger partial charge in [0.2, 0.25) is 0 Å². The summed E-state index contributed by atoms with van der Waals surface area (Å²) in [5.41, 5.74) is 0. The fourth-order valence-electron chi connectivity index (χ4n) is 1.81. The lowest BCUT2D eigenvalue weighted by Gasteiger charge is -2.32. The minimum absolute atomic E-state index is 0.277. The molecule has 1 aliphatic heterocycles. The van der Waals surface area contributed by atoms with Crippen LogP contribution in [0.15, 0.2) is 0 Å². The maximum absolute atomic E-state index is 8.75. The summed E-state index contributed by atoms with van der Waals surface area (Å²) in [6.45, 7) is 11.6. The molecule has 1 heterocycles. The highest BCUT2D eigenvalue weighted by Gasteiger charge is 2.22. The molecular formula is C11H22N2. The molecule has 13 heavy (non-hydrogen) atoms. The standard InChI is InChI=1S/C9H16N2.C2H6/c1-3-11-6-8(2)4-9(5-10)7-11;1-2/h8-9H,3-4,6-7H2,1-2H3;1-2H3. The van der Waals surface area contributed by atoms with Gasteiger partial charge in [-0.05, 0) is 18.9 Å². The SMILES string of the molecule is CC.CCN1CC(C)CC(C#N)C1. The van der Waals surface area contributed by atoms with Crippen LogP contribution < -0.4 is 0 Å². The molecule has 0 bridgehead atoms. The van der Waals surface area contributed by atoms with Gasteiger partial charge in [-0.2, -0.15) is 5.26 Å². The molecular weight excluding hydrogens is 160 g/mol. The van der Waals surface area contributed by atoms with Gasteiger partial charge in [-0.3, -0.25) is 0 Å². The zero-order valence-corrected chi connectivity index (χ0v) is 9.38. The van der Waals surface area contributed by atoms with Crippen molar-refractivity contribution in [2.45, 2.75) is 34.1 Å². The predicted molar refractivity (Wildman–Crippen MR) is 56.3 cm³/mol. The molecule has 1 aliphatic rings. The van der Waals surface area contributed by atoms with E-state index in [1.54, 1.807) is 0 Å². The molecule has 0 radical (unpaired) electrons. The predicted octanol–water partition coefficient (Wildman–Crippen LogP) is 2.51. The monoisotopic (exact) mass is 182 g/mol. The van der Waals surface area contributed by atoms with Crippen LogP contribution in [0.2, 0.25) is 0 Å². The van der Waals surface area contributed by atoms with E-state index in [0.717, 1.165) is 19.5 Å². The lowest BCUT2D eigenvalue weighted by Crippen LogP contribution is -2.38. The van der Waals surface area contributed by atoms with Crippen LogP contribution in [0.25, 0.3) is 0 Å². The molecule has 76 valence electrons. The number of nitrogens with zero attached hydrogens (tertiary/aromatic N) is 2. The molecule has 2 nitrogen and oxygen atoms in total. The highest BCUT2D eigenvalue weighted by atomic mass is 15.1. The van der Waals surface area contributed by atoms with Gasteiger partial charge in [0.25, 0.3) is 0 Å². The van der Waals surface area contributed by atoms with Gasteiger partial charge in [0.05, 0.1) is 12.0 Å². The molecule has 0 aromatic rings. The van der Waals surface area contributed by atoms with Gasteiger partial charge < -0.3 is 4.90 Å². The summed E-state index contributed by atoms with van der Waals surface area (Å²) in [4.78, 5) is 2.36. The first-order chi connectivity index (χ1) is 6.26. The van der Waals surface area contributed by atoms with E-state index in [1.807, 2.05) is 13.8 Å². The highest BCUT2D eigenvalue weighted by molar-refractivity contribution is 4.90. The van der Waals surface area contributed by atoms with Gasteiger partial charge in [-0.25, -0.2) is 0 Å². The first-order valence-corrected chi connectivity index (χ1v) is 5.38. The molecule has 1 fully saturated rings.